The quantitative estimate of drug-likeness (QED) is 0.0211. The van der Waals surface area contributed by atoms with Crippen LogP contribution in [0.2, 0.25) is 0 Å². The lowest BCUT2D eigenvalue weighted by molar-refractivity contribution is -0.870. The molecule has 0 bridgehead atoms. The molecule has 0 spiro atoms. The molecule has 10 heteroatoms. The summed E-state index contributed by atoms with van der Waals surface area (Å²) in [4.78, 5) is 35.6. The van der Waals surface area contributed by atoms with Crippen molar-refractivity contribution in [3.8, 4) is 47.4 Å². The first kappa shape index (κ1) is 65.2. The molecular formula is C58H101NO8P+. The zero-order valence-electron chi connectivity index (χ0n) is 44.5. The summed E-state index contributed by atoms with van der Waals surface area (Å²) in [5, 5.41) is 0. The normalized spacial score (nSPS) is 12.3. The van der Waals surface area contributed by atoms with Crippen LogP contribution in [-0.2, 0) is 32.7 Å². The molecule has 0 fully saturated rings. The second-order valence-electron chi connectivity index (χ2n) is 19.7. The highest BCUT2D eigenvalue weighted by atomic mass is 31.2. The van der Waals surface area contributed by atoms with Gasteiger partial charge in [0.15, 0.2) is 6.10 Å². The summed E-state index contributed by atoms with van der Waals surface area (Å²) in [5.41, 5.74) is 0. The SMILES string of the molecule is CCCCCCCCCCCCC#CC#CCCCCCCCCC(=O)OC[C@H](COP(=O)(O)OCC[N+](C)(C)C)OC(=O)CCCCCCCCC#CC#CCCCCCCCCCCCC. The third kappa shape index (κ3) is 52.6. The minimum absolute atomic E-state index is 0.0150. The molecule has 0 saturated heterocycles. The second-order valence-corrected chi connectivity index (χ2v) is 21.2. The van der Waals surface area contributed by atoms with E-state index in [9.17, 15) is 19.0 Å². The minimum Gasteiger partial charge on any atom is -0.462 e. The third-order valence-electron chi connectivity index (χ3n) is 11.8. The number of nitrogens with zero attached hydrogens (tertiary/aromatic N) is 1. The smallest absolute Gasteiger partial charge is 0.462 e. The van der Waals surface area contributed by atoms with Crippen molar-refractivity contribution in [3.63, 3.8) is 0 Å². The van der Waals surface area contributed by atoms with E-state index < -0.39 is 32.5 Å². The Balaban J connectivity index is 4.30. The van der Waals surface area contributed by atoms with Gasteiger partial charge < -0.3 is 18.9 Å². The van der Waals surface area contributed by atoms with E-state index in [1.165, 1.54) is 128 Å². The first-order chi connectivity index (χ1) is 33.0. The van der Waals surface area contributed by atoms with Gasteiger partial charge in [0.2, 0.25) is 0 Å². The number of phosphoric acid groups is 1. The van der Waals surface area contributed by atoms with Crippen LogP contribution in [0.25, 0.3) is 0 Å². The maximum absolute atomic E-state index is 12.8. The number of ether oxygens (including phenoxy) is 2. The Morgan fingerprint density at radius 3 is 1.13 bits per heavy atom. The molecule has 9 nitrogen and oxygen atoms in total. The minimum atomic E-state index is -4.41. The van der Waals surface area contributed by atoms with Crippen LogP contribution in [0.1, 0.15) is 258 Å². The lowest BCUT2D eigenvalue weighted by Crippen LogP contribution is -2.37. The van der Waals surface area contributed by atoms with Crippen LogP contribution in [0.15, 0.2) is 0 Å². The van der Waals surface area contributed by atoms with E-state index in [-0.39, 0.29) is 26.1 Å². The molecule has 0 rings (SSSR count). The van der Waals surface area contributed by atoms with Gasteiger partial charge in [0.25, 0.3) is 0 Å². The number of quaternary nitrogens is 1. The first-order valence-electron chi connectivity index (χ1n) is 27.7. The number of esters is 2. The lowest BCUT2D eigenvalue weighted by Gasteiger charge is -2.24. The topological polar surface area (TPSA) is 108 Å². The second kappa shape index (κ2) is 49.2. The number of rotatable bonds is 46. The average molecular weight is 971 g/mol. The lowest BCUT2D eigenvalue weighted by atomic mass is 10.1. The molecule has 390 valence electrons. The number of hydrogen-bond donors (Lipinski definition) is 1. The Bertz CT molecular complexity index is 1510. The third-order valence-corrected chi connectivity index (χ3v) is 12.8. The average Bonchev–Trinajstić information content (AvgIpc) is 3.30. The van der Waals surface area contributed by atoms with Crippen molar-refractivity contribution in [1.82, 2.24) is 0 Å². The summed E-state index contributed by atoms with van der Waals surface area (Å²) in [7, 11) is 1.42. The van der Waals surface area contributed by atoms with Crippen molar-refractivity contribution >= 4 is 19.8 Å². The molecule has 1 N–H and O–H groups in total. The van der Waals surface area contributed by atoms with Gasteiger partial charge in [-0.05, 0) is 62.2 Å². The van der Waals surface area contributed by atoms with Crippen LogP contribution in [0.3, 0.4) is 0 Å². The molecule has 0 aliphatic rings. The number of likely N-dealkylation sites (N-methyl/N-ethyl adjacent to an activating group) is 1. The molecule has 0 aliphatic heterocycles. The standard InChI is InChI=1S/C58H100NO8P/c1-6-8-10-12-14-16-18-20-22-24-26-28-30-32-34-36-38-40-42-44-46-48-50-57(60)64-54-56(55-66-68(62,63)65-53-52-59(3,4)5)67-58(61)51-49-47-45-43-41-39-37-35-33-31-29-27-25-23-21-19-17-15-13-11-9-7-2/h56H,6-27,36-55H2,1-5H3/p+1/t56-/m1/s1. The Labute approximate surface area is 419 Å². The van der Waals surface area contributed by atoms with E-state index in [1.54, 1.807) is 0 Å². The van der Waals surface area contributed by atoms with Crippen LogP contribution in [0.5, 0.6) is 0 Å². The highest BCUT2D eigenvalue weighted by molar-refractivity contribution is 7.47. The van der Waals surface area contributed by atoms with Crippen LogP contribution in [0.4, 0.5) is 0 Å². The monoisotopic (exact) mass is 971 g/mol. The summed E-state index contributed by atoms with van der Waals surface area (Å²) in [6, 6.07) is 0. The predicted octanol–water partition coefficient (Wildman–Crippen LogP) is 15.2. The van der Waals surface area contributed by atoms with E-state index in [0.717, 1.165) is 89.9 Å². The van der Waals surface area contributed by atoms with Gasteiger partial charge in [-0.15, -0.1) is 0 Å². The number of phosphoric ester groups is 1. The number of unbranched alkanes of at least 4 members (excludes halogenated alkanes) is 32. The maximum atomic E-state index is 12.8. The van der Waals surface area contributed by atoms with Crippen LogP contribution >= 0.6 is 7.82 Å². The van der Waals surface area contributed by atoms with Crippen LogP contribution in [-0.4, -0.2) is 74.9 Å². The molecule has 0 saturated carbocycles. The van der Waals surface area contributed by atoms with Gasteiger partial charge in [-0.25, -0.2) is 4.57 Å². The molecule has 0 aliphatic carbocycles. The number of hydrogen-bond acceptors (Lipinski definition) is 7. The largest absolute Gasteiger partial charge is 0.472 e. The Morgan fingerprint density at radius 2 is 0.779 bits per heavy atom. The van der Waals surface area contributed by atoms with Gasteiger partial charge in [0, 0.05) is 38.5 Å². The number of carbonyl (C=O) groups excluding carboxylic acids is 2. The van der Waals surface area contributed by atoms with Crippen molar-refractivity contribution in [2.75, 3.05) is 47.5 Å². The van der Waals surface area contributed by atoms with Crippen molar-refractivity contribution in [2.45, 2.75) is 264 Å². The van der Waals surface area contributed by atoms with Crippen molar-refractivity contribution in [1.29, 1.82) is 0 Å². The summed E-state index contributed by atoms with van der Waals surface area (Å²) in [6.07, 6.45) is 41.3. The fourth-order valence-electron chi connectivity index (χ4n) is 7.47. The number of carbonyl (C=O) groups is 2. The molecule has 2 atom stereocenters. The van der Waals surface area contributed by atoms with E-state index in [1.807, 2.05) is 21.1 Å². The van der Waals surface area contributed by atoms with Gasteiger partial charge >= 0.3 is 19.8 Å². The fourth-order valence-corrected chi connectivity index (χ4v) is 8.21. The molecule has 0 aromatic rings. The summed E-state index contributed by atoms with van der Waals surface area (Å²) >= 11 is 0. The van der Waals surface area contributed by atoms with E-state index >= 15 is 0 Å². The van der Waals surface area contributed by atoms with Crippen molar-refractivity contribution < 1.29 is 42.1 Å². The molecule has 0 aromatic heterocycles. The van der Waals surface area contributed by atoms with E-state index in [2.05, 4.69) is 61.2 Å². The maximum Gasteiger partial charge on any atom is 0.472 e. The summed E-state index contributed by atoms with van der Waals surface area (Å²) in [6.45, 7) is 4.35. The summed E-state index contributed by atoms with van der Waals surface area (Å²) < 4.78 is 34.4. The van der Waals surface area contributed by atoms with Gasteiger partial charge in [0.1, 0.15) is 19.8 Å². The molecule has 0 amide bonds. The van der Waals surface area contributed by atoms with E-state index in [4.69, 9.17) is 18.5 Å². The predicted molar refractivity (Wildman–Crippen MR) is 283 cm³/mol. The molecule has 1 unspecified atom stereocenters. The molecular weight excluding hydrogens is 870 g/mol. The molecule has 0 heterocycles. The van der Waals surface area contributed by atoms with Crippen molar-refractivity contribution in [2.24, 2.45) is 0 Å². The highest BCUT2D eigenvalue weighted by Crippen LogP contribution is 2.43. The zero-order valence-corrected chi connectivity index (χ0v) is 45.4. The highest BCUT2D eigenvalue weighted by Gasteiger charge is 2.27. The van der Waals surface area contributed by atoms with Gasteiger partial charge in [-0.3, -0.25) is 18.6 Å². The van der Waals surface area contributed by atoms with Crippen molar-refractivity contribution in [3.05, 3.63) is 0 Å². The fraction of sp³-hybridized carbons (Fsp3) is 0.828. The van der Waals surface area contributed by atoms with Crippen LogP contribution < -0.4 is 0 Å². The van der Waals surface area contributed by atoms with Crippen LogP contribution in [0, 0.1) is 47.4 Å². The Kier molecular flexibility index (Phi) is 47.2. The molecule has 0 radical (unpaired) electrons. The Hall–Kier alpha value is -2.75. The zero-order chi connectivity index (χ0) is 49.9. The molecule has 0 aromatic carbocycles. The summed E-state index contributed by atoms with van der Waals surface area (Å²) in [5.74, 6) is 23.9. The van der Waals surface area contributed by atoms with E-state index in [0.29, 0.717) is 23.9 Å². The Morgan fingerprint density at radius 1 is 0.456 bits per heavy atom. The molecule has 68 heavy (non-hydrogen) atoms. The van der Waals surface area contributed by atoms with Gasteiger partial charge in [-0.1, -0.05) is 204 Å². The van der Waals surface area contributed by atoms with Gasteiger partial charge in [-0.2, -0.15) is 0 Å². The first-order valence-corrected chi connectivity index (χ1v) is 29.2. The van der Waals surface area contributed by atoms with Gasteiger partial charge in [0.05, 0.1) is 27.7 Å².